The van der Waals surface area contributed by atoms with Crippen molar-refractivity contribution >= 4 is 0 Å². The summed E-state index contributed by atoms with van der Waals surface area (Å²) in [5, 5.41) is 3.35. The van der Waals surface area contributed by atoms with E-state index in [1.807, 2.05) is 12.1 Å². The maximum absolute atomic E-state index is 5.43. The van der Waals surface area contributed by atoms with E-state index < -0.39 is 0 Å². The molecule has 0 radical (unpaired) electrons. The third-order valence-corrected chi connectivity index (χ3v) is 2.71. The van der Waals surface area contributed by atoms with Crippen LogP contribution in [0, 0.1) is 0 Å². The van der Waals surface area contributed by atoms with Crippen LogP contribution in [-0.2, 0) is 0 Å². The second kappa shape index (κ2) is 6.35. The number of ether oxygens (including phenoxy) is 3. The van der Waals surface area contributed by atoms with Crippen molar-refractivity contribution in [3.05, 3.63) is 17.7 Å². The fourth-order valence-corrected chi connectivity index (χ4v) is 1.88. The van der Waals surface area contributed by atoms with Gasteiger partial charge in [0.2, 0.25) is 5.75 Å². The fourth-order valence-electron chi connectivity index (χ4n) is 1.88. The Morgan fingerprint density at radius 3 is 2.18 bits per heavy atom. The Morgan fingerprint density at radius 1 is 1.06 bits per heavy atom. The summed E-state index contributed by atoms with van der Waals surface area (Å²) in [6.07, 6.45) is 0. The second-order valence-corrected chi connectivity index (χ2v) is 3.70. The summed E-state index contributed by atoms with van der Waals surface area (Å²) in [5.74, 6) is 2.04. The molecule has 0 fully saturated rings. The Labute approximate surface area is 103 Å². The van der Waals surface area contributed by atoms with Gasteiger partial charge in [-0.05, 0) is 25.6 Å². The topological polar surface area (TPSA) is 39.7 Å². The molecule has 1 aromatic carbocycles. The van der Waals surface area contributed by atoms with Crippen molar-refractivity contribution in [3.8, 4) is 17.2 Å². The van der Waals surface area contributed by atoms with Crippen LogP contribution in [0.5, 0.6) is 17.2 Å². The highest BCUT2D eigenvalue weighted by atomic mass is 16.5. The first-order valence-electron chi connectivity index (χ1n) is 5.71. The van der Waals surface area contributed by atoms with Crippen LogP contribution in [-0.4, -0.2) is 27.9 Å². The van der Waals surface area contributed by atoms with E-state index in [1.54, 1.807) is 21.3 Å². The van der Waals surface area contributed by atoms with Crippen molar-refractivity contribution in [2.24, 2.45) is 0 Å². The highest BCUT2D eigenvalue weighted by Gasteiger charge is 2.18. The lowest BCUT2D eigenvalue weighted by molar-refractivity contribution is 0.320. The maximum Gasteiger partial charge on any atom is 0.203 e. The molecule has 0 saturated carbocycles. The number of nitrogens with one attached hydrogen (secondary N) is 1. The van der Waals surface area contributed by atoms with E-state index in [2.05, 4.69) is 19.2 Å². The largest absolute Gasteiger partial charge is 0.493 e. The predicted octanol–water partition coefficient (Wildman–Crippen LogP) is 2.38. The molecule has 4 nitrogen and oxygen atoms in total. The summed E-state index contributed by atoms with van der Waals surface area (Å²) in [5.41, 5.74) is 1.06. The normalized spacial score (nSPS) is 12.1. The van der Waals surface area contributed by atoms with Crippen molar-refractivity contribution < 1.29 is 14.2 Å². The van der Waals surface area contributed by atoms with Crippen molar-refractivity contribution in [1.29, 1.82) is 0 Å². The summed E-state index contributed by atoms with van der Waals surface area (Å²) in [7, 11) is 4.87. The lowest BCUT2D eigenvalue weighted by Gasteiger charge is -2.20. The summed E-state index contributed by atoms with van der Waals surface area (Å²) in [6, 6.07) is 4.09. The van der Waals surface area contributed by atoms with Crippen LogP contribution in [0.4, 0.5) is 0 Å². The van der Waals surface area contributed by atoms with E-state index >= 15 is 0 Å². The molecule has 1 N–H and O–H groups in total. The van der Waals surface area contributed by atoms with Crippen LogP contribution < -0.4 is 19.5 Å². The Morgan fingerprint density at radius 2 is 1.71 bits per heavy atom. The summed E-state index contributed by atoms with van der Waals surface area (Å²) in [6.45, 7) is 5.07. The third kappa shape index (κ3) is 2.82. The van der Waals surface area contributed by atoms with Gasteiger partial charge in [0.1, 0.15) is 0 Å². The quantitative estimate of drug-likeness (QED) is 0.827. The molecule has 0 heterocycles. The van der Waals surface area contributed by atoms with E-state index in [0.29, 0.717) is 11.5 Å². The molecular formula is C13H21NO3. The first-order valence-corrected chi connectivity index (χ1v) is 5.71. The van der Waals surface area contributed by atoms with Gasteiger partial charge in [0, 0.05) is 11.6 Å². The molecule has 0 aliphatic heterocycles. The molecule has 0 saturated heterocycles. The zero-order valence-corrected chi connectivity index (χ0v) is 11.2. The Kier molecular flexibility index (Phi) is 5.10. The number of methoxy groups -OCH3 is 3. The molecule has 1 rings (SSSR count). The van der Waals surface area contributed by atoms with Gasteiger partial charge in [0.25, 0.3) is 0 Å². The van der Waals surface area contributed by atoms with Crippen LogP contribution in [0.25, 0.3) is 0 Å². The lowest BCUT2D eigenvalue weighted by atomic mass is 10.1. The molecule has 4 heteroatoms. The fraction of sp³-hybridized carbons (Fsp3) is 0.538. The number of hydrogen-bond acceptors (Lipinski definition) is 4. The van der Waals surface area contributed by atoms with Crippen molar-refractivity contribution in [2.45, 2.75) is 19.9 Å². The van der Waals surface area contributed by atoms with Crippen LogP contribution in [0.15, 0.2) is 12.1 Å². The van der Waals surface area contributed by atoms with Gasteiger partial charge in [-0.3, -0.25) is 0 Å². The molecule has 0 aliphatic carbocycles. The molecule has 0 aromatic heterocycles. The molecular weight excluding hydrogens is 218 g/mol. The smallest absolute Gasteiger partial charge is 0.203 e. The van der Waals surface area contributed by atoms with Gasteiger partial charge >= 0.3 is 0 Å². The molecule has 0 bridgehead atoms. The number of benzene rings is 1. The van der Waals surface area contributed by atoms with Gasteiger partial charge in [-0.2, -0.15) is 0 Å². The molecule has 0 aliphatic rings. The van der Waals surface area contributed by atoms with E-state index in [9.17, 15) is 0 Å². The molecule has 96 valence electrons. The molecule has 1 unspecified atom stereocenters. The third-order valence-electron chi connectivity index (χ3n) is 2.71. The van der Waals surface area contributed by atoms with Gasteiger partial charge in [-0.25, -0.2) is 0 Å². The Balaban J connectivity index is 3.22. The minimum absolute atomic E-state index is 0.203. The second-order valence-electron chi connectivity index (χ2n) is 3.70. The first kappa shape index (κ1) is 13.6. The van der Waals surface area contributed by atoms with E-state index in [-0.39, 0.29) is 6.04 Å². The maximum atomic E-state index is 5.43. The highest BCUT2D eigenvalue weighted by molar-refractivity contribution is 5.56. The SMILES string of the molecule is CCNC(C)c1ccc(OC)c(OC)c1OC. The Bertz CT molecular complexity index is 366. The van der Waals surface area contributed by atoms with Crippen molar-refractivity contribution in [1.82, 2.24) is 5.32 Å². The van der Waals surface area contributed by atoms with Gasteiger partial charge in [-0.1, -0.05) is 6.92 Å². The first-order chi connectivity index (χ1) is 8.19. The van der Waals surface area contributed by atoms with Crippen LogP contribution in [0.1, 0.15) is 25.5 Å². The summed E-state index contributed by atoms with van der Waals surface area (Å²) in [4.78, 5) is 0. The van der Waals surface area contributed by atoms with Gasteiger partial charge in [0.15, 0.2) is 11.5 Å². The Hall–Kier alpha value is -1.42. The minimum Gasteiger partial charge on any atom is -0.493 e. The number of rotatable bonds is 6. The average molecular weight is 239 g/mol. The zero-order valence-electron chi connectivity index (χ0n) is 11.2. The molecule has 0 spiro atoms. The molecule has 1 atom stereocenters. The predicted molar refractivity (Wildman–Crippen MR) is 68.2 cm³/mol. The van der Waals surface area contributed by atoms with Gasteiger partial charge in [-0.15, -0.1) is 0 Å². The van der Waals surface area contributed by atoms with Gasteiger partial charge < -0.3 is 19.5 Å². The van der Waals surface area contributed by atoms with Crippen LogP contribution >= 0.6 is 0 Å². The molecule has 1 aromatic rings. The van der Waals surface area contributed by atoms with Crippen LogP contribution in [0.3, 0.4) is 0 Å². The summed E-state index contributed by atoms with van der Waals surface area (Å²) >= 11 is 0. The van der Waals surface area contributed by atoms with Gasteiger partial charge in [0.05, 0.1) is 21.3 Å². The van der Waals surface area contributed by atoms with Crippen LogP contribution in [0.2, 0.25) is 0 Å². The van der Waals surface area contributed by atoms with E-state index in [1.165, 1.54) is 0 Å². The lowest BCUT2D eigenvalue weighted by Crippen LogP contribution is -2.18. The summed E-state index contributed by atoms with van der Waals surface area (Å²) < 4.78 is 16.0. The monoisotopic (exact) mass is 239 g/mol. The average Bonchev–Trinajstić information content (AvgIpc) is 2.36. The minimum atomic E-state index is 0.203. The van der Waals surface area contributed by atoms with Crippen molar-refractivity contribution in [3.63, 3.8) is 0 Å². The number of hydrogen-bond donors (Lipinski definition) is 1. The molecule has 0 amide bonds. The highest BCUT2D eigenvalue weighted by Crippen LogP contribution is 2.41. The van der Waals surface area contributed by atoms with E-state index in [4.69, 9.17) is 14.2 Å². The zero-order chi connectivity index (χ0) is 12.8. The standard InChI is InChI=1S/C13H21NO3/c1-6-14-9(2)10-7-8-11(15-3)13(17-5)12(10)16-4/h7-9,14H,6H2,1-5H3. The van der Waals surface area contributed by atoms with E-state index in [0.717, 1.165) is 17.9 Å². The molecule has 17 heavy (non-hydrogen) atoms. The van der Waals surface area contributed by atoms with Crippen molar-refractivity contribution in [2.75, 3.05) is 27.9 Å².